The maximum absolute atomic E-state index is 13.4. The van der Waals surface area contributed by atoms with Gasteiger partial charge in [-0.25, -0.2) is 9.37 Å². The van der Waals surface area contributed by atoms with Crippen LogP contribution in [-0.2, 0) is 11.3 Å². The molecule has 0 radical (unpaired) electrons. The first-order valence-electron chi connectivity index (χ1n) is 10.0. The molecule has 5 rings (SSSR count). The Morgan fingerprint density at radius 3 is 2.79 bits per heavy atom. The molecule has 0 saturated carbocycles. The van der Waals surface area contributed by atoms with Crippen molar-refractivity contribution < 1.29 is 9.18 Å². The fourth-order valence-electron chi connectivity index (χ4n) is 3.25. The molecule has 164 valence electrons. The van der Waals surface area contributed by atoms with Crippen molar-refractivity contribution in [1.82, 2.24) is 24.7 Å². The zero-order valence-corrected chi connectivity index (χ0v) is 18.8. The van der Waals surface area contributed by atoms with Crippen molar-refractivity contribution in [2.24, 2.45) is 0 Å². The van der Waals surface area contributed by atoms with Gasteiger partial charge < -0.3 is 5.32 Å². The molecule has 2 aromatic carbocycles. The summed E-state index contributed by atoms with van der Waals surface area (Å²) in [5.41, 5.74) is 2.59. The summed E-state index contributed by atoms with van der Waals surface area (Å²) in [6.07, 6.45) is 3.44. The predicted octanol–water partition coefficient (Wildman–Crippen LogP) is 4.87. The summed E-state index contributed by atoms with van der Waals surface area (Å²) < 4.78 is 16.1. The fraction of sp³-hybridized carbons (Fsp3) is 0.0870. The highest BCUT2D eigenvalue weighted by Crippen LogP contribution is 2.28. The van der Waals surface area contributed by atoms with Crippen molar-refractivity contribution in [2.75, 3.05) is 11.1 Å². The maximum Gasteiger partial charge on any atom is 0.236 e. The average Bonchev–Trinajstić information content (AvgIpc) is 3.42. The zero-order chi connectivity index (χ0) is 22.6. The number of fused-ring (bicyclic) bond motifs is 1. The van der Waals surface area contributed by atoms with Crippen LogP contribution in [0.1, 0.15) is 5.56 Å². The molecule has 0 saturated heterocycles. The van der Waals surface area contributed by atoms with E-state index >= 15 is 0 Å². The number of nitrogens with zero attached hydrogens (tertiary/aromatic N) is 5. The molecule has 10 heteroatoms. The van der Waals surface area contributed by atoms with Crippen LogP contribution in [0.3, 0.4) is 0 Å². The summed E-state index contributed by atoms with van der Waals surface area (Å²) in [6.45, 7) is 0.561. The number of carbonyl (C=O) groups is 1. The molecule has 0 atom stereocenters. The van der Waals surface area contributed by atoms with Crippen molar-refractivity contribution in [3.05, 3.63) is 84.4 Å². The van der Waals surface area contributed by atoms with Crippen molar-refractivity contribution in [3.8, 4) is 11.4 Å². The number of aromatic nitrogens is 5. The van der Waals surface area contributed by atoms with Gasteiger partial charge in [0, 0.05) is 18.0 Å². The van der Waals surface area contributed by atoms with E-state index in [1.54, 1.807) is 18.5 Å². The van der Waals surface area contributed by atoms with Crippen molar-refractivity contribution in [2.45, 2.75) is 11.7 Å². The first-order valence-corrected chi connectivity index (χ1v) is 11.8. The maximum atomic E-state index is 13.4. The summed E-state index contributed by atoms with van der Waals surface area (Å²) in [6, 6.07) is 18.1. The summed E-state index contributed by atoms with van der Waals surface area (Å²) in [5.74, 6) is 0.256. The molecule has 0 bridgehead atoms. The molecule has 0 aliphatic carbocycles. The van der Waals surface area contributed by atoms with E-state index in [0.29, 0.717) is 32.9 Å². The van der Waals surface area contributed by atoms with Crippen LogP contribution >= 0.6 is 23.1 Å². The van der Waals surface area contributed by atoms with E-state index in [1.165, 1.54) is 35.2 Å². The summed E-state index contributed by atoms with van der Waals surface area (Å²) in [5, 5.41) is 12.5. The van der Waals surface area contributed by atoms with E-state index in [4.69, 9.17) is 0 Å². The monoisotopic (exact) mass is 476 g/mol. The van der Waals surface area contributed by atoms with Gasteiger partial charge in [-0.3, -0.25) is 14.3 Å². The second kappa shape index (κ2) is 9.47. The molecule has 7 nitrogen and oxygen atoms in total. The standard InChI is InChI=1S/C23H17FN6OS2/c24-17-8-9-18-19(11-17)33-22(26-18)27-20(31)14-32-23-29-28-21(16-7-4-10-25-12-16)30(23)13-15-5-2-1-3-6-15/h1-12H,13-14H2,(H,26,27,31). The van der Waals surface area contributed by atoms with Gasteiger partial charge in [-0.15, -0.1) is 10.2 Å². The van der Waals surface area contributed by atoms with E-state index < -0.39 is 0 Å². The number of rotatable bonds is 7. The molecule has 5 aromatic rings. The summed E-state index contributed by atoms with van der Waals surface area (Å²) in [4.78, 5) is 21.1. The lowest BCUT2D eigenvalue weighted by atomic mass is 10.2. The number of benzene rings is 2. The lowest BCUT2D eigenvalue weighted by molar-refractivity contribution is -0.113. The molecule has 0 aliphatic heterocycles. The van der Waals surface area contributed by atoms with E-state index in [9.17, 15) is 9.18 Å². The third-order valence-electron chi connectivity index (χ3n) is 4.75. The normalized spacial score (nSPS) is 11.1. The van der Waals surface area contributed by atoms with Crippen molar-refractivity contribution in [3.63, 3.8) is 0 Å². The summed E-state index contributed by atoms with van der Waals surface area (Å²) in [7, 11) is 0. The predicted molar refractivity (Wildman–Crippen MR) is 128 cm³/mol. The van der Waals surface area contributed by atoms with E-state index in [2.05, 4.69) is 25.5 Å². The van der Waals surface area contributed by atoms with Gasteiger partial charge in [0.25, 0.3) is 0 Å². The number of hydrogen-bond donors (Lipinski definition) is 1. The highest BCUT2D eigenvalue weighted by atomic mass is 32.2. The number of thiazole rings is 1. The van der Waals surface area contributed by atoms with E-state index in [-0.39, 0.29) is 17.5 Å². The van der Waals surface area contributed by atoms with Crippen LogP contribution in [-0.4, -0.2) is 36.4 Å². The molecular weight excluding hydrogens is 459 g/mol. The number of nitrogens with one attached hydrogen (secondary N) is 1. The third kappa shape index (κ3) is 4.91. The average molecular weight is 477 g/mol. The van der Waals surface area contributed by atoms with Gasteiger partial charge in [0.1, 0.15) is 5.82 Å². The summed E-state index contributed by atoms with van der Waals surface area (Å²) >= 11 is 2.53. The van der Waals surface area contributed by atoms with Crippen molar-refractivity contribution >= 4 is 44.4 Å². The third-order valence-corrected chi connectivity index (χ3v) is 6.65. The Morgan fingerprint density at radius 2 is 1.97 bits per heavy atom. The van der Waals surface area contributed by atoms with Gasteiger partial charge in [-0.05, 0) is 35.9 Å². The molecule has 1 amide bonds. The Bertz CT molecular complexity index is 1400. The molecule has 3 heterocycles. The largest absolute Gasteiger partial charge is 0.301 e. The van der Waals surface area contributed by atoms with E-state index in [0.717, 1.165) is 11.1 Å². The fourth-order valence-corrected chi connectivity index (χ4v) is 4.89. The minimum Gasteiger partial charge on any atom is -0.301 e. The Morgan fingerprint density at radius 1 is 1.09 bits per heavy atom. The van der Waals surface area contributed by atoms with Gasteiger partial charge in [-0.1, -0.05) is 53.4 Å². The zero-order valence-electron chi connectivity index (χ0n) is 17.2. The molecule has 0 spiro atoms. The highest BCUT2D eigenvalue weighted by Gasteiger charge is 2.17. The van der Waals surface area contributed by atoms with Crippen LogP contribution in [0.5, 0.6) is 0 Å². The Balaban J connectivity index is 1.33. The van der Waals surface area contributed by atoms with Crippen LogP contribution in [0.2, 0.25) is 0 Å². The lowest BCUT2D eigenvalue weighted by Gasteiger charge is -2.10. The van der Waals surface area contributed by atoms with E-state index in [1.807, 2.05) is 47.0 Å². The SMILES string of the molecule is O=C(CSc1nnc(-c2cccnc2)n1Cc1ccccc1)Nc1nc2ccc(F)cc2s1. The topological polar surface area (TPSA) is 85.6 Å². The molecule has 33 heavy (non-hydrogen) atoms. The molecule has 0 aliphatic rings. The van der Waals surface area contributed by atoms with Crippen LogP contribution in [0.15, 0.2) is 78.2 Å². The van der Waals surface area contributed by atoms with Crippen LogP contribution in [0.4, 0.5) is 9.52 Å². The Labute approximate surface area is 196 Å². The van der Waals surface area contributed by atoms with Gasteiger partial charge in [0.15, 0.2) is 16.1 Å². The molecule has 0 fully saturated rings. The van der Waals surface area contributed by atoms with Gasteiger partial charge >= 0.3 is 0 Å². The minimum absolute atomic E-state index is 0.129. The number of pyridine rings is 1. The second-order valence-corrected chi connectivity index (χ2v) is 9.06. The van der Waals surface area contributed by atoms with Gasteiger partial charge in [0.2, 0.25) is 5.91 Å². The smallest absolute Gasteiger partial charge is 0.236 e. The quantitative estimate of drug-likeness (QED) is 0.338. The molecule has 3 aromatic heterocycles. The van der Waals surface area contributed by atoms with Gasteiger partial charge in [0.05, 0.1) is 22.5 Å². The molecule has 1 N–H and O–H groups in total. The lowest BCUT2D eigenvalue weighted by Crippen LogP contribution is -2.14. The number of halogens is 1. The second-order valence-electron chi connectivity index (χ2n) is 7.09. The number of hydrogen-bond acceptors (Lipinski definition) is 7. The Kier molecular flexibility index (Phi) is 6.09. The highest BCUT2D eigenvalue weighted by molar-refractivity contribution is 7.99. The number of carbonyl (C=O) groups excluding carboxylic acids is 1. The molecule has 0 unspecified atom stereocenters. The van der Waals surface area contributed by atoms with Crippen LogP contribution in [0.25, 0.3) is 21.6 Å². The van der Waals surface area contributed by atoms with Crippen LogP contribution in [0, 0.1) is 5.82 Å². The van der Waals surface area contributed by atoms with Gasteiger partial charge in [-0.2, -0.15) is 0 Å². The van der Waals surface area contributed by atoms with Crippen molar-refractivity contribution in [1.29, 1.82) is 0 Å². The minimum atomic E-state index is -0.332. The Hall–Kier alpha value is -3.63. The number of amides is 1. The first kappa shape index (κ1) is 21.2. The van der Waals surface area contributed by atoms with Crippen LogP contribution < -0.4 is 5.32 Å². The number of thioether (sulfide) groups is 1. The first-order chi connectivity index (χ1) is 16.2. The molecular formula is C23H17FN6OS2. The number of anilines is 1.